The summed E-state index contributed by atoms with van der Waals surface area (Å²) in [7, 11) is 0. The van der Waals surface area contributed by atoms with E-state index >= 15 is 0 Å². The van der Waals surface area contributed by atoms with Crippen LogP contribution in [0, 0.1) is 5.92 Å². The van der Waals surface area contributed by atoms with E-state index < -0.39 is 0 Å². The highest BCUT2D eigenvalue weighted by Gasteiger charge is 2.18. The molecular formula is C13H20N2OS. The molecule has 0 atom stereocenters. The average molecular weight is 252 g/mol. The monoisotopic (exact) mass is 252 g/mol. The van der Waals surface area contributed by atoms with Gasteiger partial charge in [0.25, 0.3) is 5.56 Å². The molecule has 17 heavy (non-hydrogen) atoms. The van der Waals surface area contributed by atoms with Crippen molar-refractivity contribution in [1.29, 1.82) is 0 Å². The topological polar surface area (TPSA) is 34.9 Å². The number of hydrogen-bond donors (Lipinski definition) is 0. The van der Waals surface area contributed by atoms with Crippen molar-refractivity contribution in [2.24, 2.45) is 5.92 Å². The smallest absolute Gasteiger partial charge is 0.283 e. The van der Waals surface area contributed by atoms with Crippen LogP contribution in [-0.2, 0) is 6.54 Å². The summed E-state index contributed by atoms with van der Waals surface area (Å²) in [6, 6.07) is 0. The van der Waals surface area contributed by atoms with Gasteiger partial charge in [0.05, 0.1) is 0 Å². The first-order chi connectivity index (χ1) is 8.16. The molecule has 1 saturated carbocycles. The van der Waals surface area contributed by atoms with Gasteiger partial charge in [-0.25, -0.2) is 4.98 Å². The van der Waals surface area contributed by atoms with Crippen molar-refractivity contribution in [2.45, 2.75) is 56.4 Å². The molecule has 3 nitrogen and oxygen atoms in total. The predicted octanol–water partition coefficient (Wildman–Crippen LogP) is 2.93. The third-order valence-electron chi connectivity index (χ3n) is 3.02. The normalized spacial score (nSPS) is 16.9. The van der Waals surface area contributed by atoms with Gasteiger partial charge in [-0.1, -0.05) is 38.5 Å². The van der Waals surface area contributed by atoms with Gasteiger partial charge in [-0.2, -0.15) is 0 Å². The van der Waals surface area contributed by atoms with E-state index in [1.165, 1.54) is 25.7 Å². The van der Waals surface area contributed by atoms with E-state index in [0.717, 1.165) is 6.54 Å². The molecule has 1 fully saturated rings. The van der Waals surface area contributed by atoms with Crippen LogP contribution in [0.1, 0.15) is 39.5 Å². The fourth-order valence-electron chi connectivity index (χ4n) is 2.21. The first kappa shape index (κ1) is 12.7. The van der Waals surface area contributed by atoms with Gasteiger partial charge in [-0.3, -0.25) is 4.79 Å². The Hall–Kier alpha value is -0.770. The van der Waals surface area contributed by atoms with Crippen LogP contribution in [0.4, 0.5) is 0 Å². The summed E-state index contributed by atoms with van der Waals surface area (Å²) in [5.41, 5.74) is 0.0816. The summed E-state index contributed by atoms with van der Waals surface area (Å²) in [6.07, 6.45) is 8.59. The molecule has 1 aromatic heterocycles. The second-order valence-corrected chi connectivity index (χ2v) is 6.40. The van der Waals surface area contributed by atoms with Gasteiger partial charge < -0.3 is 4.57 Å². The van der Waals surface area contributed by atoms with Crippen LogP contribution in [0.15, 0.2) is 22.2 Å². The molecule has 0 N–H and O–H groups in total. The number of thioether (sulfide) groups is 1. The number of hydrogen-bond acceptors (Lipinski definition) is 3. The molecule has 1 aliphatic rings. The van der Waals surface area contributed by atoms with Crippen LogP contribution >= 0.6 is 11.8 Å². The molecular weight excluding hydrogens is 232 g/mol. The van der Waals surface area contributed by atoms with E-state index in [-0.39, 0.29) is 5.56 Å². The largest absolute Gasteiger partial charge is 0.311 e. The van der Waals surface area contributed by atoms with Crippen molar-refractivity contribution in [2.75, 3.05) is 0 Å². The molecule has 0 bridgehead atoms. The Morgan fingerprint density at radius 1 is 1.47 bits per heavy atom. The first-order valence-corrected chi connectivity index (χ1v) is 7.27. The fourth-order valence-corrected chi connectivity index (χ4v) is 3.43. The Morgan fingerprint density at radius 3 is 2.82 bits per heavy atom. The maximum Gasteiger partial charge on any atom is 0.283 e. The highest BCUT2D eigenvalue weighted by atomic mass is 32.2. The Balaban J connectivity index is 2.13. The fraction of sp³-hybridized carbons (Fsp3) is 0.692. The van der Waals surface area contributed by atoms with Crippen LogP contribution in [0.3, 0.4) is 0 Å². The van der Waals surface area contributed by atoms with Gasteiger partial charge in [-0.05, 0) is 18.8 Å². The molecule has 1 aromatic rings. The van der Waals surface area contributed by atoms with Crippen LogP contribution in [0.5, 0.6) is 0 Å². The Kier molecular flexibility index (Phi) is 4.26. The molecule has 0 aromatic carbocycles. The lowest BCUT2D eigenvalue weighted by Crippen LogP contribution is -2.24. The highest BCUT2D eigenvalue weighted by Crippen LogP contribution is 2.32. The Bertz CT molecular complexity index is 422. The Morgan fingerprint density at radius 2 is 2.18 bits per heavy atom. The lowest BCUT2D eigenvalue weighted by molar-refractivity contribution is 0.502. The van der Waals surface area contributed by atoms with E-state index in [1.54, 1.807) is 28.7 Å². The molecule has 4 heteroatoms. The SMILES string of the molecule is CC(C)Cn1ccnc(SC2CCCC2)c1=O. The molecule has 1 aliphatic carbocycles. The summed E-state index contributed by atoms with van der Waals surface area (Å²) in [5, 5.41) is 1.28. The van der Waals surface area contributed by atoms with Crippen LogP contribution in [0.2, 0.25) is 0 Å². The van der Waals surface area contributed by atoms with Gasteiger partial charge in [0.2, 0.25) is 0 Å². The van der Waals surface area contributed by atoms with Gasteiger partial charge >= 0.3 is 0 Å². The van der Waals surface area contributed by atoms with E-state index in [1.807, 2.05) is 0 Å². The van der Waals surface area contributed by atoms with E-state index in [2.05, 4.69) is 18.8 Å². The zero-order valence-corrected chi connectivity index (χ0v) is 11.4. The molecule has 0 amide bonds. The van der Waals surface area contributed by atoms with Crippen molar-refractivity contribution in [1.82, 2.24) is 9.55 Å². The summed E-state index contributed by atoms with van der Waals surface area (Å²) in [6.45, 7) is 5.02. The van der Waals surface area contributed by atoms with Gasteiger partial charge in [-0.15, -0.1) is 0 Å². The summed E-state index contributed by atoms with van der Waals surface area (Å²) >= 11 is 1.67. The first-order valence-electron chi connectivity index (χ1n) is 6.39. The molecule has 0 aliphatic heterocycles. The number of aromatic nitrogens is 2. The Labute approximate surface area is 107 Å². The molecule has 2 rings (SSSR count). The van der Waals surface area contributed by atoms with Crippen molar-refractivity contribution < 1.29 is 0 Å². The van der Waals surface area contributed by atoms with Crippen molar-refractivity contribution >= 4 is 11.8 Å². The zero-order chi connectivity index (χ0) is 12.3. The second-order valence-electron chi connectivity index (χ2n) is 5.11. The lowest BCUT2D eigenvalue weighted by atomic mass is 10.2. The predicted molar refractivity (Wildman–Crippen MR) is 71.4 cm³/mol. The quantitative estimate of drug-likeness (QED) is 0.826. The second kappa shape index (κ2) is 5.71. The minimum atomic E-state index is 0.0816. The average Bonchev–Trinajstić information content (AvgIpc) is 2.76. The van der Waals surface area contributed by atoms with Crippen molar-refractivity contribution in [3.05, 3.63) is 22.7 Å². The van der Waals surface area contributed by atoms with Gasteiger partial charge in [0, 0.05) is 24.2 Å². The summed E-state index contributed by atoms with van der Waals surface area (Å²) < 4.78 is 1.79. The highest BCUT2D eigenvalue weighted by molar-refractivity contribution is 7.99. The van der Waals surface area contributed by atoms with E-state index in [9.17, 15) is 4.79 Å². The standard InChI is InChI=1S/C13H20N2OS/c1-10(2)9-15-8-7-14-12(13(15)16)17-11-5-3-4-6-11/h7-8,10-11H,3-6,9H2,1-2H3. The molecule has 0 saturated heterocycles. The van der Waals surface area contributed by atoms with Gasteiger partial charge in [0.15, 0.2) is 5.03 Å². The number of rotatable bonds is 4. The maximum absolute atomic E-state index is 12.2. The molecule has 94 valence electrons. The lowest BCUT2D eigenvalue weighted by Gasteiger charge is -2.11. The summed E-state index contributed by atoms with van der Waals surface area (Å²) in [4.78, 5) is 16.4. The molecule has 0 unspecified atom stereocenters. The third kappa shape index (κ3) is 3.35. The minimum Gasteiger partial charge on any atom is -0.311 e. The van der Waals surface area contributed by atoms with Crippen LogP contribution in [0.25, 0.3) is 0 Å². The van der Waals surface area contributed by atoms with Crippen molar-refractivity contribution in [3.63, 3.8) is 0 Å². The van der Waals surface area contributed by atoms with E-state index in [0.29, 0.717) is 16.2 Å². The van der Waals surface area contributed by atoms with E-state index in [4.69, 9.17) is 0 Å². The third-order valence-corrected chi connectivity index (χ3v) is 4.33. The maximum atomic E-state index is 12.2. The van der Waals surface area contributed by atoms with Gasteiger partial charge in [0.1, 0.15) is 0 Å². The number of nitrogens with zero attached hydrogens (tertiary/aromatic N) is 2. The molecule has 0 spiro atoms. The van der Waals surface area contributed by atoms with Crippen molar-refractivity contribution in [3.8, 4) is 0 Å². The summed E-state index contributed by atoms with van der Waals surface area (Å²) in [5.74, 6) is 0.486. The van der Waals surface area contributed by atoms with Crippen LogP contribution < -0.4 is 5.56 Å². The zero-order valence-electron chi connectivity index (χ0n) is 10.6. The molecule has 0 radical (unpaired) electrons. The molecule has 1 heterocycles. The van der Waals surface area contributed by atoms with Crippen LogP contribution in [-0.4, -0.2) is 14.8 Å². The minimum absolute atomic E-state index is 0.0816.